The molecule has 5 heteroatoms. The maximum atomic E-state index is 13.2. The topological polar surface area (TPSA) is 70.0 Å². The van der Waals surface area contributed by atoms with E-state index in [0.717, 1.165) is 25.3 Å². The van der Waals surface area contributed by atoms with Crippen molar-refractivity contribution in [3.8, 4) is 11.8 Å². The van der Waals surface area contributed by atoms with E-state index >= 15 is 0 Å². The molecule has 3 N–H and O–H groups in total. The van der Waals surface area contributed by atoms with Crippen LogP contribution in [0, 0.1) is 23.1 Å². The third kappa shape index (κ3) is 2.36. The molecule has 0 heterocycles. The highest BCUT2D eigenvalue weighted by Gasteiger charge is 2.30. The van der Waals surface area contributed by atoms with Crippen molar-refractivity contribution in [3.05, 3.63) is 29.1 Å². The third-order valence-electron chi connectivity index (χ3n) is 3.28. The van der Waals surface area contributed by atoms with Gasteiger partial charge in [-0.05, 0) is 30.9 Å². The molecule has 0 radical (unpaired) electrons. The molecular weight excluding hydrogens is 243 g/mol. The number of nitrogens with zero attached hydrogens (tertiary/aromatic N) is 1. The molecule has 0 unspecified atom stereocenters. The fourth-order valence-electron chi connectivity index (χ4n) is 2.05. The van der Waals surface area contributed by atoms with E-state index in [4.69, 9.17) is 11.0 Å². The Kier molecular flexibility index (Phi) is 4.33. The lowest BCUT2D eigenvalue weighted by Crippen LogP contribution is -2.27. The van der Waals surface area contributed by atoms with Crippen molar-refractivity contribution < 1.29 is 9.50 Å². The Hall–Kier alpha value is -1.31. The van der Waals surface area contributed by atoms with E-state index in [9.17, 15) is 9.50 Å². The van der Waals surface area contributed by atoms with Crippen molar-refractivity contribution >= 4 is 12.4 Å². The molecule has 3 nitrogen and oxygen atoms in total. The van der Waals surface area contributed by atoms with Crippen molar-refractivity contribution in [2.24, 2.45) is 11.7 Å². The summed E-state index contributed by atoms with van der Waals surface area (Å²) in [6.07, 6.45) is 3.06. The van der Waals surface area contributed by atoms with Gasteiger partial charge >= 0.3 is 0 Å². The SMILES string of the molecule is Cl.N#Cc1ccc(F)c(O)c1[C@H](N)C1CCC1. The van der Waals surface area contributed by atoms with Crippen molar-refractivity contribution in [2.45, 2.75) is 25.3 Å². The lowest BCUT2D eigenvalue weighted by Gasteiger charge is -2.32. The fraction of sp³-hybridized carbons (Fsp3) is 0.417. The summed E-state index contributed by atoms with van der Waals surface area (Å²) in [7, 11) is 0. The molecule has 0 bridgehead atoms. The molecule has 0 aromatic heterocycles. The minimum Gasteiger partial charge on any atom is -0.505 e. The number of aromatic hydroxyl groups is 1. The summed E-state index contributed by atoms with van der Waals surface area (Å²) in [6, 6.07) is 3.95. The minimum atomic E-state index is -0.719. The van der Waals surface area contributed by atoms with Crippen molar-refractivity contribution in [1.82, 2.24) is 0 Å². The van der Waals surface area contributed by atoms with Crippen LogP contribution in [0.2, 0.25) is 0 Å². The van der Waals surface area contributed by atoms with Crippen LogP contribution in [-0.2, 0) is 0 Å². The number of phenols is 1. The minimum absolute atomic E-state index is 0. The molecule has 17 heavy (non-hydrogen) atoms. The molecule has 0 spiro atoms. The Balaban J connectivity index is 0.00000144. The largest absolute Gasteiger partial charge is 0.505 e. The highest BCUT2D eigenvalue weighted by Crippen LogP contribution is 2.40. The van der Waals surface area contributed by atoms with Crippen LogP contribution in [0.15, 0.2) is 12.1 Å². The van der Waals surface area contributed by atoms with Gasteiger partial charge in [0.25, 0.3) is 0 Å². The van der Waals surface area contributed by atoms with Crippen LogP contribution < -0.4 is 5.73 Å². The van der Waals surface area contributed by atoms with Crippen LogP contribution in [0.1, 0.15) is 36.4 Å². The van der Waals surface area contributed by atoms with Gasteiger partial charge in [0.1, 0.15) is 0 Å². The first-order valence-corrected chi connectivity index (χ1v) is 5.32. The standard InChI is InChI=1S/C12H13FN2O.ClH/c13-9-5-4-8(6-14)10(12(9)16)11(15)7-2-1-3-7;/h4-5,7,11,16H,1-3,15H2;1H/t11-;/m1./s1. The Labute approximate surface area is 105 Å². The van der Waals surface area contributed by atoms with E-state index in [-0.39, 0.29) is 29.5 Å². The summed E-state index contributed by atoms with van der Waals surface area (Å²) in [5.41, 5.74) is 6.49. The molecule has 1 aliphatic rings. The highest BCUT2D eigenvalue weighted by molar-refractivity contribution is 5.85. The summed E-state index contributed by atoms with van der Waals surface area (Å²) >= 11 is 0. The number of rotatable bonds is 2. The Morgan fingerprint density at radius 2 is 2.12 bits per heavy atom. The second-order valence-corrected chi connectivity index (χ2v) is 4.19. The van der Waals surface area contributed by atoms with Gasteiger partial charge in [-0.1, -0.05) is 6.42 Å². The Bertz CT molecular complexity index is 455. The van der Waals surface area contributed by atoms with Crippen LogP contribution >= 0.6 is 12.4 Å². The van der Waals surface area contributed by atoms with Crippen molar-refractivity contribution in [3.63, 3.8) is 0 Å². The van der Waals surface area contributed by atoms with Gasteiger partial charge in [-0.25, -0.2) is 4.39 Å². The first-order valence-electron chi connectivity index (χ1n) is 5.32. The van der Waals surface area contributed by atoms with Crippen molar-refractivity contribution in [1.29, 1.82) is 5.26 Å². The molecule has 1 aliphatic carbocycles. The molecule has 1 aromatic carbocycles. The second kappa shape index (κ2) is 5.35. The van der Waals surface area contributed by atoms with Gasteiger partial charge in [-0.2, -0.15) is 5.26 Å². The number of hydrogen-bond acceptors (Lipinski definition) is 3. The quantitative estimate of drug-likeness (QED) is 0.855. The van der Waals surface area contributed by atoms with Crippen molar-refractivity contribution in [2.75, 3.05) is 0 Å². The fourth-order valence-corrected chi connectivity index (χ4v) is 2.05. The summed E-state index contributed by atoms with van der Waals surface area (Å²) in [4.78, 5) is 0. The summed E-state index contributed by atoms with van der Waals surface area (Å²) in [5.74, 6) is -0.943. The van der Waals surface area contributed by atoms with Gasteiger partial charge in [0.2, 0.25) is 0 Å². The molecule has 1 fully saturated rings. The smallest absolute Gasteiger partial charge is 0.165 e. The first kappa shape index (κ1) is 13.8. The maximum absolute atomic E-state index is 13.2. The number of hydrogen-bond donors (Lipinski definition) is 2. The molecule has 1 saturated carbocycles. The average molecular weight is 257 g/mol. The maximum Gasteiger partial charge on any atom is 0.165 e. The molecule has 0 amide bonds. The van der Waals surface area contributed by atoms with Gasteiger partial charge < -0.3 is 10.8 Å². The zero-order chi connectivity index (χ0) is 11.7. The molecular formula is C12H14ClFN2O. The zero-order valence-corrected chi connectivity index (χ0v) is 10.0. The van der Waals surface area contributed by atoms with Crippen LogP contribution in [0.25, 0.3) is 0 Å². The van der Waals surface area contributed by atoms with Crippen LogP contribution in [0.5, 0.6) is 5.75 Å². The van der Waals surface area contributed by atoms with Crippen LogP contribution in [0.4, 0.5) is 4.39 Å². The highest BCUT2D eigenvalue weighted by atomic mass is 35.5. The average Bonchev–Trinajstić information content (AvgIpc) is 2.19. The summed E-state index contributed by atoms with van der Waals surface area (Å²) in [5, 5.41) is 18.6. The second-order valence-electron chi connectivity index (χ2n) is 4.19. The summed E-state index contributed by atoms with van der Waals surface area (Å²) in [6.45, 7) is 0. The van der Waals surface area contributed by atoms with E-state index in [1.165, 1.54) is 6.07 Å². The molecule has 0 saturated heterocycles. The lowest BCUT2D eigenvalue weighted by molar-refractivity contribution is 0.259. The van der Waals surface area contributed by atoms with E-state index < -0.39 is 17.6 Å². The monoisotopic (exact) mass is 256 g/mol. The van der Waals surface area contributed by atoms with Crippen LogP contribution in [-0.4, -0.2) is 5.11 Å². The van der Waals surface area contributed by atoms with E-state index in [2.05, 4.69) is 0 Å². The number of halogens is 2. The Morgan fingerprint density at radius 1 is 1.47 bits per heavy atom. The van der Waals surface area contributed by atoms with Gasteiger partial charge in [0, 0.05) is 11.6 Å². The predicted molar refractivity (Wildman–Crippen MR) is 64.3 cm³/mol. The molecule has 92 valence electrons. The molecule has 1 aromatic rings. The van der Waals surface area contributed by atoms with Gasteiger partial charge in [-0.3, -0.25) is 0 Å². The first-order chi connectivity index (χ1) is 7.65. The predicted octanol–water partition coefficient (Wildman–Crippen LogP) is 2.62. The van der Waals surface area contributed by atoms with Gasteiger partial charge in [-0.15, -0.1) is 12.4 Å². The molecule has 0 aliphatic heterocycles. The number of phenolic OH excluding ortho intramolecular Hbond substituents is 1. The number of nitriles is 1. The van der Waals surface area contributed by atoms with Crippen LogP contribution in [0.3, 0.4) is 0 Å². The number of nitrogens with two attached hydrogens (primary N) is 1. The third-order valence-corrected chi connectivity index (χ3v) is 3.28. The van der Waals surface area contributed by atoms with E-state index in [0.29, 0.717) is 0 Å². The number of benzene rings is 1. The molecule has 2 rings (SSSR count). The van der Waals surface area contributed by atoms with Gasteiger partial charge in [0.15, 0.2) is 11.6 Å². The lowest BCUT2D eigenvalue weighted by atomic mass is 9.76. The Morgan fingerprint density at radius 3 is 2.59 bits per heavy atom. The normalized spacial score (nSPS) is 16.5. The van der Waals surface area contributed by atoms with E-state index in [1.807, 2.05) is 6.07 Å². The summed E-state index contributed by atoms with van der Waals surface area (Å²) < 4.78 is 13.2. The van der Waals surface area contributed by atoms with E-state index in [1.54, 1.807) is 0 Å². The van der Waals surface area contributed by atoms with Gasteiger partial charge in [0.05, 0.1) is 11.6 Å². The molecule has 1 atom stereocenters. The zero-order valence-electron chi connectivity index (χ0n) is 9.19.